The molecule has 0 bridgehead atoms. The maximum Gasteiger partial charge on any atom is 0.191 e. The number of aliphatic imine (C=N–C) groups is 1. The van der Waals surface area contributed by atoms with E-state index >= 15 is 0 Å². The lowest BCUT2D eigenvalue weighted by molar-refractivity contribution is 0.414. The van der Waals surface area contributed by atoms with Gasteiger partial charge in [-0.3, -0.25) is 0 Å². The molecule has 146 valence electrons. The van der Waals surface area contributed by atoms with Gasteiger partial charge in [0.15, 0.2) is 15.8 Å². The van der Waals surface area contributed by atoms with E-state index in [1.165, 1.54) is 0 Å². The summed E-state index contributed by atoms with van der Waals surface area (Å²) in [4.78, 5) is 4.90. The molecule has 2 N–H and O–H groups in total. The standard InChI is InChI=1S/C20H27N3O3S/c1-3-21-20(23-16-17-10-12-18(26-2)13-11-17)22-14-7-15-27(24,25)19-8-5-4-6-9-19/h4-6,8-13H,3,7,14-16H2,1-2H3,(H2,21,22,23). The third-order valence-electron chi connectivity index (χ3n) is 3.91. The van der Waals surface area contributed by atoms with Crippen molar-refractivity contribution in [1.29, 1.82) is 0 Å². The number of sulfone groups is 1. The van der Waals surface area contributed by atoms with Crippen molar-refractivity contribution >= 4 is 15.8 Å². The second-order valence-electron chi connectivity index (χ2n) is 5.96. The highest BCUT2D eigenvalue weighted by Crippen LogP contribution is 2.12. The van der Waals surface area contributed by atoms with E-state index in [1.807, 2.05) is 37.3 Å². The lowest BCUT2D eigenvalue weighted by Gasteiger charge is -2.11. The zero-order valence-corrected chi connectivity index (χ0v) is 16.6. The highest BCUT2D eigenvalue weighted by atomic mass is 32.2. The van der Waals surface area contributed by atoms with Gasteiger partial charge >= 0.3 is 0 Å². The normalized spacial score (nSPS) is 11.9. The van der Waals surface area contributed by atoms with Crippen LogP contribution in [0.3, 0.4) is 0 Å². The van der Waals surface area contributed by atoms with Crippen molar-refractivity contribution in [2.24, 2.45) is 4.99 Å². The summed E-state index contributed by atoms with van der Waals surface area (Å²) in [6.07, 6.45) is 0.504. The summed E-state index contributed by atoms with van der Waals surface area (Å²) < 4.78 is 29.7. The number of methoxy groups -OCH3 is 1. The number of hydrogen-bond acceptors (Lipinski definition) is 4. The molecule has 0 aliphatic heterocycles. The molecule has 0 unspecified atom stereocenters. The van der Waals surface area contributed by atoms with Crippen LogP contribution < -0.4 is 15.4 Å². The summed E-state index contributed by atoms with van der Waals surface area (Å²) >= 11 is 0. The topological polar surface area (TPSA) is 79.8 Å². The molecular formula is C20H27N3O3S. The van der Waals surface area contributed by atoms with Crippen LogP contribution in [-0.4, -0.2) is 40.3 Å². The molecule has 0 saturated carbocycles. The number of guanidine groups is 1. The van der Waals surface area contributed by atoms with Crippen LogP contribution in [0.5, 0.6) is 5.75 Å². The minimum atomic E-state index is -3.24. The highest BCUT2D eigenvalue weighted by molar-refractivity contribution is 7.91. The lowest BCUT2D eigenvalue weighted by atomic mass is 10.2. The maximum atomic E-state index is 12.3. The molecule has 2 rings (SSSR count). The Bertz CT molecular complexity index is 819. The minimum absolute atomic E-state index is 0.0991. The first-order valence-corrected chi connectivity index (χ1v) is 10.6. The van der Waals surface area contributed by atoms with Gasteiger partial charge in [0.25, 0.3) is 0 Å². The molecule has 6 nitrogen and oxygen atoms in total. The molecule has 7 heteroatoms. The average Bonchev–Trinajstić information content (AvgIpc) is 2.70. The Morgan fingerprint density at radius 3 is 2.37 bits per heavy atom. The molecule has 0 aliphatic rings. The number of rotatable bonds is 9. The van der Waals surface area contributed by atoms with Crippen molar-refractivity contribution in [3.05, 3.63) is 60.2 Å². The monoisotopic (exact) mass is 389 g/mol. The van der Waals surface area contributed by atoms with Crippen molar-refractivity contribution in [2.75, 3.05) is 26.0 Å². The molecule has 0 aromatic heterocycles. The molecule has 2 aromatic rings. The Morgan fingerprint density at radius 1 is 1.04 bits per heavy atom. The smallest absolute Gasteiger partial charge is 0.191 e. The number of nitrogens with one attached hydrogen (secondary N) is 2. The van der Waals surface area contributed by atoms with Crippen LogP contribution in [0, 0.1) is 0 Å². The van der Waals surface area contributed by atoms with E-state index in [0.717, 1.165) is 17.9 Å². The van der Waals surface area contributed by atoms with Crippen LogP contribution in [0.4, 0.5) is 0 Å². The van der Waals surface area contributed by atoms with Gasteiger partial charge in [0.1, 0.15) is 5.75 Å². The van der Waals surface area contributed by atoms with Crippen LogP contribution in [0.2, 0.25) is 0 Å². The van der Waals surface area contributed by atoms with Crippen molar-refractivity contribution in [1.82, 2.24) is 10.6 Å². The summed E-state index contributed by atoms with van der Waals surface area (Å²) in [5.74, 6) is 1.58. The summed E-state index contributed by atoms with van der Waals surface area (Å²) in [5, 5.41) is 6.36. The van der Waals surface area contributed by atoms with Gasteiger partial charge < -0.3 is 15.4 Å². The van der Waals surface area contributed by atoms with E-state index in [2.05, 4.69) is 15.6 Å². The molecule has 0 radical (unpaired) electrons. The Hall–Kier alpha value is -2.54. The number of benzene rings is 2. The van der Waals surface area contributed by atoms with Crippen molar-refractivity contribution in [3.63, 3.8) is 0 Å². The minimum Gasteiger partial charge on any atom is -0.497 e. The van der Waals surface area contributed by atoms with Crippen molar-refractivity contribution in [2.45, 2.75) is 24.8 Å². The first kappa shape index (κ1) is 20.8. The van der Waals surface area contributed by atoms with Gasteiger partial charge in [0.2, 0.25) is 0 Å². The molecule has 0 spiro atoms. The first-order chi connectivity index (χ1) is 13.0. The van der Waals surface area contributed by atoms with Crippen LogP contribution in [-0.2, 0) is 16.4 Å². The molecule has 0 atom stereocenters. The Balaban J connectivity index is 1.84. The van der Waals surface area contributed by atoms with Crippen LogP contribution >= 0.6 is 0 Å². The predicted octanol–water partition coefficient (Wildman–Crippen LogP) is 2.61. The van der Waals surface area contributed by atoms with E-state index < -0.39 is 9.84 Å². The fourth-order valence-electron chi connectivity index (χ4n) is 2.46. The third kappa shape index (κ3) is 6.94. The van der Waals surface area contributed by atoms with Crippen LogP contribution in [0.15, 0.2) is 64.5 Å². The molecule has 27 heavy (non-hydrogen) atoms. The van der Waals surface area contributed by atoms with Gasteiger partial charge in [-0.1, -0.05) is 30.3 Å². The number of nitrogens with zero attached hydrogens (tertiary/aromatic N) is 1. The Labute approximate surface area is 161 Å². The molecule has 0 amide bonds. The molecule has 0 saturated heterocycles. The van der Waals surface area contributed by atoms with Gasteiger partial charge in [-0.2, -0.15) is 0 Å². The number of ether oxygens (including phenoxy) is 1. The van der Waals surface area contributed by atoms with E-state index in [4.69, 9.17) is 4.74 Å². The zero-order chi connectivity index (χ0) is 19.5. The van der Waals surface area contributed by atoms with Crippen molar-refractivity contribution in [3.8, 4) is 5.75 Å². The Morgan fingerprint density at radius 2 is 1.74 bits per heavy atom. The second-order valence-corrected chi connectivity index (χ2v) is 8.06. The SMILES string of the molecule is CCNC(=NCc1ccc(OC)cc1)NCCCS(=O)(=O)c1ccccc1. The van der Waals surface area contributed by atoms with E-state index in [9.17, 15) is 8.42 Å². The van der Waals surface area contributed by atoms with Gasteiger partial charge in [-0.15, -0.1) is 0 Å². The molecule has 0 aliphatic carbocycles. The summed E-state index contributed by atoms with van der Waals surface area (Å²) in [6.45, 7) is 3.78. The van der Waals surface area contributed by atoms with Gasteiger partial charge in [-0.25, -0.2) is 13.4 Å². The number of hydrogen-bond donors (Lipinski definition) is 2. The van der Waals surface area contributed by atoms with Crippen LogP contribution in [0.1, 0.15) is 18.9 Å². The summed E-state index contributed by atoms with van der Waals surface area (Å²) in [7, 11) is -1.61. The highest BCUT2D eigenvalue weighted by Gasteiger charge is 2.13. The fourth-order valence-corrected chi connectivity index (χ4v) is 3.79. The van der Waals surface area contributed by atoms with Crippen LogP contribution in [0.25, 0.3) is 0 Å². The quantitative estimate of drug-likeness (QED) is 0.391. The van der Waals surface area contributed by atoms with E-state index in [0.29, 0.717) is 30.4 Å². The van der Waals surface area contributed by atoms with E-state index in [1.54, 1.807) is 31.4 Å². The van der Waals surface area contributed by atoms with E-state index in [-0.39, 0.29) is 5.75 Å². The maximum absolute atomic E-state index is 12.3. The fraction of sp³-hybridized carbons (Fsp3) is 0.350. The Kier molecular flexibility index (Phi) is 8.13. The summed E-state index contributed by atoms with van der Waals surface area (Å²) in [6, 6.07) is 16.3. The van der Waals surface area contributed by atoms with Gasteiger partial charge in [-0.05, 0) is 43.2 Å². The van der Waals surface area contributed by atoms with Gasteiger partial charge in [0, 0.05) is 13.1 Å². The summed E-state index contributed by atoms with van der Waals surface area (Å²) in [5.41, 5.74) is 1.07. The lowest BCUT2D eigenvalue weighted by Crippen LogP contribution is -2.38. The largest absolute Gasteiger partial charge is 0.497 e. The molecule has 0 fully saturated rings. The predicted molar refractivity (Wildman–Crippen MR) is 109 cm³/mol. The third-order valence-corrected chi connectivity index (χ3v) is 5.72. The average molecular weight is 390 g/mol. The molecule has 2 aromatic carbocycles. The van der Waals surface area contributed by atoms with Crippen molar-refractivity contribution < 1.29 is 13.2 Å². The zero-order valence-electron chi connectivity index (χ0n) is 15.8. The molecule has 0 heterocycles. The molecular weight excluding hydrogens is 362 g/mol. The first-order valence-electron chi connectivity index (χ1n) is 8.98. The van der Waals surface area contributed by atoms with Gasteiger partial charge in [0.05, 0.1) is 24.3 Å². The second kappa shape index (κ2) is 10.6.